The van der Waals surface area contributed by atoms with Crippen LogP contribution in [0.2, 0.25) is 0 Å². The van der Waals surface area contributed by atoms with Gasteiger partial charge in [-0.05, 0) is 49.6 Å². The van der Waals surface area contributed by atoms with Crippen molar-refractivity contribution in [2.24, 2.45) is 0 Å². The van der Waals surface area contributed by atoms with Gasteiger partial charge in [-0.15, -0.1) is 11.8 Å². The summed E-state index contributed by atoms with van der Waals surface area (Å²) in [5.74, 6) is 1.60. The second-order valence-corrected chi connectivity index (χ2v) is 10.8. The van der Waals surface area contributed by atoms with Crippen molar-refractivity contribution >= 4 is 23.6 Å². The summed E-state index contributed by atoms with van der Waals surface area (Å²) < 4.78 is 5.23. The maximum absolute atomic E-state index is 13.6. The first-order chi connectivity index (χ1) is 17.2. The van der Waals surface area contributed by atoms with Crippen molar-refractivity contribution in [1.82, 2.24) is 10.2 Å². The summed E-state index contributed by atoms with van der Waals surface area (Å²) >= 11 is 1.55. The number of methoxy groups -OCH3 is 1. The Hall–Kier alpha value is -3.25. The fourth-order valence-corrected chi connectivity index (χ4v) is 4.72. The lowest BCUT2D eigenvalue weighted by molar-refractivity contribution is -0.140. The van der Waals surface area contributed by atoms with Crippen molar-refractivity contribution in [1.29, 1.82) is 0 Å². The van der Waals surface area contributed by atoms with Gasteiger partial charge in [0.1, 0.15) is 11.8 Å². The largest absolute Gasteiger partial charge is 0.497 e. The van der Waals surface area contributed by atoms with E-state index in [-0.39, 0.29) is 17.6 Å². The SMILES string of the molecule is COc1ccc(CSCC(=O)N(Cc2ccccc2)C(Cc2ccccc2)C(=O)NC(C)(C)C)cc1. The Labute approximate surface area is 219 Å². The van der Waals surface area contributed by atoms with E-state index in [2.05, 4.69) is 5.32 Å². The van der Waals surface area contributed by atoms with Crippen molar-refractivity contribution in [3.05, 3.63) is 102 Å². The molecular formula is C30H36N2O3S. The first-order valence-corrected chi connectivity index (χ1v) is 13.3. The van der Waals surface area contributed by atoms with Gasteiger partial charge in [-0.25, -0.2) is 0 Å². The van der Waals surface area contributed by atoms with Gasteiger partial charge >= 0.3 is 0 Å². The average molecular weight is 505 g/mol. The summed E-state index contributed by atoms with van der Waals surface area (Å²) in [7, 11) is 1.64. The number of hydrogen-bond donors (Lipinski definition) is 1. The minimum absolute atomic E-state index is 0.0534. The molecule has 0 spiro atoms. The Morgan fingerprint density at radius 1 is 0.861 bits per heavy atom. The molecule has 5 nitrogen and oxygen atoms in total. The highest BCUT2D eigenvalue weighted by molar-refractivity contribution is 7.99. The first-order valence-electron chi connectivity index (χ1n) is 12.1. The van der Waals surface area contributed by atoms with Gasteiger partial charge < -0.3 is 15.0 Å². The summed E-state index contributed by atoms with van der Waals surface area (Å²) in [5, 5.41) is 3.10. The number of nitrogens with zero attached hydrogens (tertiary/aromatic N) is 1. The van der Waals surface area contributed by atoms with Crippen LogP contribution in [-0.2, 0) is 28.3 Å². The molecule has 0 saturated heterocycles. The van der Waals surface area contributed by atoms with Gasteiger partial charge in [0.15, 0.2) is 0 Å². The third kappa shape index (κ3) is 8.76. The highest BCUT2D eigenvalue weighted by Crippen LogP contribution is 2.20. The Bertz CT molecular complexity index is 1100. The number of ether oxygens (including phenoxy) is 1. The summed E-state index contributed by atoms with van der Waals surface area (Å²) in [5.41, 5.74) is 2.72. The fraction of sp³-hybridized carbons (Fsp3) is 0.333. The Morgan fingerprint density at radius 3 is 2.00 bits per heavy atom. The van der Waals surface area contributed by atoms with E-state index in [1.165, 1.54) is 0 Å². The molecule has 190 valence electrons. The lowest BCUT2D eigenvalue weighted by atomic mass is 10.0. The molecule has 0 aliphatic heterocycles. The van der Waals surface area contributed by atoms with Crippen LogP contribution >= 0.6 is 11.8 Å². The van der Waals surface area contributed by atoms with E-state index in [0.717, 1.165) is 22.4 Å². The molecule has 36 heavy (non-hydrogen) atoms. The zero-order chi connectivity index (χ0) is 26.0. The van der Waals surface area contributed by atoms with Gasteiger partial charge in [-0.3, -0.25) is 9.59 Å². The molecule has 2 amide bonds. The van der Waals surface area contributed by atoms with E-state index in [1.807, 2.05) is 106 Å². The molecule has 0 aromatic heterocycles. The Balaban J connectivity index is 1.82. The topological polar surface area (TPSA) is 58.6 Å². The maximum atomic E-state index is 13.6. The van der Waals surface area contributed by atoms with E-state index in [4.69, 9.17) is 4.74 Å². The number of hydrogen-bond acceptors (Lipinski definition) is 4. The number of benzene rings is 3. The predicted molar refractivity (Wildman–Crippen MR) is 148 cm³/mol. The number of rotatable bonds is 11. The quantitative estimate of drug-likeness (QED) is 0.376. The molecule has 1 N–H and O–H groups in total. The van der Waals surface area contributed by atoms with Gasteiger partial charge in [0, 0.05) is 24.3 Å². The van der Waals surface area contributed by atoms with Crippen LogP contribution in [-0.4, -0.2) is 41.2 Å². The van der Waals surface area contributed by atoms with E-state index in [0.29, 0.717) is 18.7 Å². The van der Waals surface area contributed by atoms with Crippen molar-refractivity contribution < 1.29 is 14.3 Å². The highest BCUT2D eigenvalue weighted by atomic mass is 32.2. The van der Waals surface area contributed by atoms with Gasteiger partial charge in [-0.1, -0.05) is 72.8 Å². The third-order valence-electron chi connectivity index (χ3n) is 5.62. The van der Waals surface area contributed by atoms with E-state index < -0.39 is 11.6 Å². The van der Waals surface area contributed by atoms with Gasteiger partial charge in [0.2, 0.25) is 11.8 Å². The zero-order valence-corrected chi connectivity index (χ0v) is 22.4. The third-order valence-corrected chi connectivity index (χ3v) is 6.61. The number of carbonyl (C=O) groups is 2. The maximum Gasteiger partial charge on any atom is 0.243 e. The highest BCUT2D eigenvalue weighted by Gasteiger charge is 2.32. The van der Waals surface area contributed by atoms with Crippen molar-refractivity contribution in [3.63, 3.8) is 0 Å². The van der Waals surface area contributed by atoms with Gasteiger partial charge in [0.25, 0.3) is 0 Å². The van der Waals surface area contributed by atoms with Gasteiger partial charge in [0.05, 0.1) is 12.9 Å². The van der Waals surface area contributed by atoms with Crippen LogP contribution in [0.25, 0.3) is 0 Å². The Kier molecular flexibility index (Phi) is 10.00. The summed E-state index contributed by atoms with van der Waals surface area (Å²) in [4.78, 5) is 28.9. The minimum atomic E-state index is -0.624. The molecule has 0 radical (unpaired) electrons. The first kappa shape index (κ1) is 27.3. The van der Waals surface area contributed by atoms with Crippen LogP contribution in [0.15, 0.2) is 84.9 Å². The smallest absolute Gasteiger partial charge is 0.243 e. The molecule has 0 aliphatic rings. The summed E-state index contributed by atoms with van der Waals surface area (Å²) in [6, 6.07) is 27.0. The summed E-state index contributed by atoms with van der Waals surface area (Å²) in [6.45, 7) is 6.24. The van der Waals surface area contributed by atoms with Crippen LogP contribution in [0, 0.1) is 0 Å². The lowest BCUT2D eigenvalue weighted by Gasteiger charge is -2.34. The average Bonchev–Trinajstić information content (AvgIpc) is 2.86. The van der Waals surface area contributed by atoms with Crippen LogP contribution < -0.4 is 10.1 Å². The van der Waals surface area contributed by atoms with Crippen LogP contribution in [0.1, 0.15) is 37.5 Å². The molecule has 1 atom stereocenters. The molecule has 6 heteroatoms. The number of carbonyl (C=O) groups excluding carboxylic acids is 2. The monoisotopic (exact) mass is 504 g/mol. The molecular weight excluding hydrogens is 468 g/mol. The lowest BCUT2D eigenvalue weighted by Crippen LogP contribution is -2.54. The molecule has 0 heterocycles. The minimum Gasteiger partial charge on any atom is -0.497 e. The molecule has 3 aromatic carbocycles. The van der Waals surface area contributed by atoms with E-state index >= 15 is 0 Å². The predicted octanol–water partition coefficient (Wildman–Crippen LogP) is 5.48. The zero-order valence-electron chi connectivity index (χ0n) is 21.6. The molecule has 1 unspecified atom stereocenters. The van der Waals surface area contributed by atoms with Gasteiger partial charge in [-0.2, -0.15) is 0 Å². The van der Waals surface area contributed by atoms with Crippen LogP contribution in [0.3, 0.4) is 0 Å². The molecule has 0 fully saturated rings. The van der Waals surface area contributed by atoms with E-state index in [9.17, 15) is 9.59 Å². The fourth-order valence-electron chi connectivity index (χ4n) is 3.85. The normalized spacial score (nSPS) is 12.0. The van der Waals surface area contributed by atoms with Crippen molar-refractivity contribution in [2.75, 3.05) is 12.9 Å². The Morgan fingerprint density at radius 2 is 1.44 bits per heavy atom. The number of nitrogens with one attached hydrogen (secondary N) is 1. The van der Waals surface area contributed by atoms with Crippen LogP contribution in [0.4, 0.5) is 0 Å². The number of amides is 2. The van der Waals surface area contributed by atoms with Crippen molar-refractivity contribution in [3.8, 4) is 5.75 Å². The second kappa shape index (κ2) is 13.2. The van der Waals surface area contributed by atoms with Crippen molar-refractivity contribution in [2.45, 2.75) is 51.1 Å². The van der Waals surface area contributed by atoms with Crippen LogP contribution in [0.5, 0.6) is 5.75 Å². The summed E-state index contributed by atoms with van der Waals surface area (Å²) in [6.07, 6.45) is 0.449. The molecule has 3 aromatic rings. The molecule has 0 saturated carbocycles. The molecule has 0 bridgehead atoms. The van der Waals surface area contributed by atoms with E-state index in [1.54, 1.807) is 23.8 Å². The number of thioether (sulfide) groups is 1. The second-order valence-electron chi connectivity index (χ2n) is 9.79. The molecule has 3 rings (SSSR count). The molecule has 0 aliphatic carbocycles. The standard InChI is InChI=1S/C30H36N2O3S/c1-30(2,3)31-29(34)27(19-23-11-7-5-8-12-23)32(20-24-13-9-6-10-14-24)28(33)22-36-21-25-15-17-26(35-4)18-16-25/h5-18,27H,19-22H2,1-4H3,(H,31,34).